The number of benzene rings is 1. The maximum absolute atomic E-state index is 13.3. The van der Waals surface area contributed by atoms with Crippen LogP contribution in [0, 0.1) is 5.82 Å². The largest absolute Gasteiger partial charge is 0.508 e. The van der Waals surface area contributed by atoms with Crippen molar-refractivity contribution < 1.29 is 9.50 Å². The van der Waals surface area contributed by atoms with E-state index in [9.17, 15) is 9.50 Å². The van der Waals surface area contributed by atoms with Crippen molar-refractivity contribution in [1.82, 2.24) is 10.2 Å². The third-order valence-electron chi connectivity index (χ3n) is 4.01. The van der Waals surface area contributed by atoms with Crippen LogP contribution < -0.4 is 5.32 Å². The molecule has 1 atom stereocenters. The van der Waals surface area contributed by atoms with Gasteiger partial charge in [-0.1, -0.05) is 0 Å². The van der Waals surface area contributed by atoms with E-state index < -0.39 is 0 Å². The molecule has 2 fully saturated rings. The van der Waals surface area contributed by atoms with Gasteiger partial charge in [-0.05, 0) is 49.9 Å². The van der Waals surface area contributed by atoms with Gasteiger partial charge in [0.15, 0.2) is 0 Å². The van der Waals surface area contributed by atoms with Crippen molar-refractivity contribution >= 4 is 0 Å². The van der Waals surface area contributed by atoms with Crippen LogP contribution >= 0.6 is 0 Å². The fourth-order valence-corrected chi connectivity index (χ4v) is 2.94. The summed E-state index contributed by atoms with van der Waals surface area (Å²) in [5, 5.41) is 13.0. The van der Waals surface area contributed by atoms with E-state index in [0.717, 1.165) is 31.3 Å². The zero-order valence-electron chi connectivity index (χ0n) is 11.1. The highest BCUT2D eigenvalue weighted by Gasteiger charge is 2.31. The number of aromatic hydroxyl groups is 1. The Morgan fingerprint density at radius 3 is 2.74 bits per heavy atom. The number of nitrogens with zero attached hydrogens (tertiary/aromatic N) is 1. The molecule has 3 rings (SSSR count). The molecule has 0 spiro atoms. The van der Waals surface area contributed by atoms with Gasteiger partial charge in [0.05, 0.1) is 0 Å². The van der Waals surface area contributed by atoms with Crippen LogP contribution in [0.3, 0.4) is 0 Å². The summed E-state index contributed by atoms with van der Waals surface area (Å²) in [6.07, 6.45) is 4.98. The van der Waals surface area contributed by atoms with Gasteiger partial charge < -0.3 is 10.4 Å². The first kappa shape index (κ1) is 12.9. The minimum absolute atomic E-state index is 0.0183. The van der Waals surface area contributed by atoms with E-state index in [-0.39, 0.29) is 11.6 Å². The van der Waals surface area contributed by atoms with Crippen LogP contribution in [0.4, 0.5) is 4.39 Å². The van der Waals surface area contributed by atoms with Gasteiger partial charge in [-0.3, -0.25) is 4.90 Å². The normalized spacial score (nSPS) is 23.2. The second-order valence-corrected chi connectivity index (χ2v) is 5.77. The van der Waals surface area contributed by atoms with Crippen molar-refractivity contribution in [3.63, 3.8) is 0 Å². The highest BCUT2D eigenvalue weighted by molar-refractivity contribution is 5.28. The van der Waals surface area contributed by atoms with Crippen molar-refractivity contribution in [2.24, 2.45) is 0 Å². The minimum atomic E-state index is -0.357. The Labute approximate surface area is 113 Å². The Kier molecular flexibility index (Phi) is 3.71. The van der Waals surface area contributed by atoms with Crippen LogP contribution in [-0.4, -0.2) is 35.2 Å². The summed E-state index contributed by atoms with van der Waals surface area (Å²) in [5.41, 5.74) is 0.863. The Balaban J connectivity index is 1.66. The highest BCUT2D eigenvalue weighted by atomic mass is 19.1. The fraction of sp³-hybridized carbons (Fsp3) is 0.600. The molecule has 2 aliphatic rings. The van der Waals surface area contributed by atoms with E-state index in [1.165, 1.54) is 31.7 Å². The summed E-state index contributed by atoms with van der Waals surface area (Å²) >= 11 is 0. The topological polar surface area (TPSA) is 35.5 Å². The SMILES string of the molecule is Oc1cc(F)cc(CN(CC2CCCN2)C2CC2)c1. The van der Waals surface area contributed by atoms with Crippen LogP contribution in [0.15, 0.2) is 18.2 Å². The lowest BCUT2D eigenvalue weighted by Crippen LogP contribution is -2.38. The molecule has 1 aliphatic carbocycles. The molecular formula is C15H21FN2O. The van der Waals surface area contributed by atoms with E-state index >= 15 is 0 Å². The number of halogens is 1. The Hall–Kier alpha value is -1.13. The molecule has 1 saturated heterocycles. The first-order chi connectivity index (χ1) is 9.20. The number of nitrogens with one attached hydrogen (secondary N) is 1. The molecule has 1 aromatic rings. The molecule has 1 saturated carbocycles. The third kappa shape index (κ3) is 3.45. The van der Waals surface area contributed by atoms with Crippen molar-refractivity contribution in [3.8, 4) is 5.75 Å². The lowest BCUT2D eigenvalue weighted by Gasteiger charge is -2.25. The summed E-state index contributed by atoms with van der Waals surface area (Å²) in [5.74, 6) is -0.338. The molecule has 104 valence electrons. The summed E-state index contributed by atoms with van der Waals surface area (Å²) in [7, 11) is 0. The smallest absolute Gasteiger partial charge is 0.127 e. The van der Waals surface area contributed by atoms with E-state index in [0.29, 0.717) is 12.1 Å². The second kappa shape index (κ2) is 5.47. The monoisotopic (exact) mass is 264 g/mol. The highest BCUT2D eigenvalue weighted by Crippen LogP contribution is 2.29. The Morgan fingerprint density at radius 2 is 2.11 bits per heavy atom. The third-order valence-corrected chi connectivity index (χ3v) is 4.01. The molecule has 0 bridgehead atoms. The summed E-state index contributed by atoms with van der Waals surface area (Å²) in [6, 6.07) is 5.57. The number of phenols is 1. The predicted molar refractivity (Wildman–Crippen MR) is 72.5 cm³/mol. The average molecular weight is 264 g/mol. The molecule has 1 unspecified atom stereocenters. The predicted octanol–water partition coefficient (Wildman–Crippen LogP) is 2.25. The molecule has 3 nitrogen and oxygen atoms in total. The quantitative estimate of drug-likeness (QED) is 0.856. The first-order valence-electron chi connectivity index (χ1n) is 7.16. The van der Waals surface area contributed by atoms with Gasteiger partial charge in [-0.15, -0.1) is 0 Å². The maximum atomic E-state index is 13.3. The van der Waals surface area contributed by atoms with Crippen LogP contribution in [0.25, 0.3) is 0 Å². The van der Waals surface area contributed by atoms with Crippen molar-refractivity contribution in [2.45, 2.75) is 44.3 Å². The molecule has 0 amide bonds. The van der Waals surface area contributed by atoms with Crippen molar-refractivity contribution in [3.05, 3.63) is 29.6 Å². The Morgan fingerprint density at radius 1 is 1.26 bits per heavy atom. The molecule has 19 heavy (non-hydrogen) atoms. The van der Waals surface area contributed by atoms with Crippen molar-refractivity contribution in [1.29, 1.82) is 0 Å². The summed E-state index contributed by atoms with van der Waals surface area (Å²) in [4.78, 5) is 2.43. The van der Waals surface area contributed by atoms with Gasteiger partial charge in [-0.2, -0.15) is 0 Å². The van der Waals surface area contributed by atoms with Crippen LogP contribution in [-0.2, 0) is 6.54 Å². The molecule has 4 heteroatoms. The van der Waals surface area contributed by atoms with E-state index in [4.69, 9.17) is 0 Å². The van der Waals surface area contributed by atoms with Gasteiger partial charge in [-0.25, -0.2) is 4.39 Å². The summed E-state index contributed by atoms with van der Waals surface area (Å²) < 4.78 is 13.3. The number of hydrogen-bond acceptors (Lipinski definition) is 3. The van der Waals surface area contributed by atoms with Gasteiger partial charge >= 0.3 is 0 Å². The van der Waals surface area contributed by atoms with Gasteiger partial charge in [0.25, 0.3) is 0 Å². The lowest BCUT2D eigenvalue weighted by atomic mass is 10.1. The molecule has 0 radical (unpaired) electrons. The second-order valence-electron chi connectivity index (χ2n) is 5.77. The van der Waals surface area contributed by atoms with E-state index in [1.807, 2.05) is 0 Å². The molecule has 1 heterocycles. The van der Waals surface area contributed by atoms with Gasteiger partial charge in [0, 0.05) is 31.2 Å². The average Bonchev–Trinajstić information content (AvgIpc) is 3.06. The van der Waals surface area contributed by atoms with Crippen LogP contribution in [0.2, 0.25) is 0 Å². The van der Waals surface area contributed by atoms with Crippen LogP contribution in [0.1, 0.15) is 31.2 Å². The zero-order chi connectivity index (χ0) is 13.2. The molecule has 2 N–H and O–H groups in total. The minimum Gasteiger partial charge on any atom is -0.508 e. The lowest BCUT2D eigenvalue weighted by molar-refractivity contribution is 0.230. The number of hydrogen-bond donors (Lipinski definition) is 2. The first-order valence-corrected chi connectivity index (χ1v) is 7.16. The van der Waals surface area contributed by atoms with Gasteiger partial charge in [0.2, 0.25) is 0 Å². The van der Waals surface area contributed by atoms with Crippen LogP contribution in [0.5, 0.6) is 5.75 Å². The van der Waals surface area contributed by atoms with E-state index in [2.05, 4.69) is 10.2 Å². The molecule has 1 aromatic carbocycles. The fourth-order valence-electron chi connectivity index (χ4n) is 2.94. The summed E-state index contributed by atoms with van der Waals surface area (Å²) in [6.45, 7) is 2.88. The standard InChI is InChI=1S/C15H21FN2O/c16-12-6-11(7-15(19)8-12)9-18(14-3-4-14)10-13-2-1-5-17-13/h6-8,13-14,17,19H,1-5,9-10H2. The number of rotatable bonds is 5. The van der Waals surface area contributed by atoms with Crippen molar-refractivity contribution in [2.75, 3.05) is 13.1 Å². The molecular weight excluding hydrogens is 243 g/mol. The Bertz CT molecular complexity index is 422. The zero-order valence-corrected chi connectivity index (χ0v) is 11.1. The molecule has 1 aliphatic heterocycles. The van der Waals surface area contributed by atoms with Gasteiger partial charge in [0.1, 0.15) is 11.6 Å². The maximum Gasteiger partial charge on any atom is 0.127 e. The van der Waals surface area contributed by atoms with E-state index in [1.54, 1.807) is 6.07 Å². The number of phenolic OH excluding ortho intramolecular Hbond substituents is 1. The molecule has 0 aromatic heterocycles.